The number of rotatable bonds is 3. The van der Waals surface area contributed by atoms with Crippen molar-refractivity contribution in [3.05, 3.63) is 64.4 Å². The Bertz CT molecular complexity index is 1000. The highest BCUT2D eigenvalue weighted by molar-refractivity contribution is 6.30. The van der Waals surface area contributed by atoms with Gasteiger partial charge in [-0.2, -0.15) is 5.10 Å². The Morgan fingerprint density at radius 3 is 2.88 bits per heavy atom. The molecule has 0 aliphatic carbocycles. The molecule has 2 N–H and O–H groups in total. The molecule has 5 nitrogen and oxygen atoms in total. The highest BCUT2D eigenvalue weighted by Gasteiger charge is 2.33. The lowest BCUT2D eigenvalue weighted by Gasteiger charge is -2.24. The standard InChI is InChI=1S/C19H15ClFN3O2/c1-26-11-5-2-4-10(8-11)18-16-13(9-15(25)22-19(16)24-23-18)12-6-3-7-14(20)17(12)21/h2-8,13H,9H2,1H3,(H2,22,23,24,25). The fraction of sp³-hybridized carbons (Fsp3) is 0.158. The van der Waals surface area contributed by atoms with E-state index in [1.54, 1.807) is 19.2 Å². The van der Waals surface area contributed by atoms with Crippen LogP contribution in [-0.2, 0) is 4.79 Å². The number of nitrogens with one attached hydrogen (secondary N) is 2. The van der Waals surface area contributed by atoms with Crippen LogP contribution in [0.1, 0.15) is 23.5 Å². The topological polar surface area (TPSA) is 67.0 Å². The van der Waals surface area contributed by atoms with E-state index in [0.29, 0.717) is 22.8 Å². The van der Waals surface area contributed by atoms with Crippen LogP contribution in [0.4, 0.5) is 10.2 Å². The predicted octanol–water partition coefficient (Wildman–Crippen LogP) is 4.35. The number of aromatic nitrogens is 2. The molecule has 0 saturated heterocycles. The van der Waals surface area contributed by atoms with Gasteiger partial charge in [0.2, 0.25) is 5.91 Å². The van der Waals surface area contributed by atoms with Crippen LogP contribution >= 0.6 is 11.6 Å². The summed E-state index contributed by atoms with van der Waals surface area (Å²) in [6.45, 7) is 0. The number of methoxy groups -OCH3 is 1. The lowest BCUT2D eigenvalue weighted by Crippen LogP contribution is -2.24. The number of anilines is 1. The van der Waals surface area contributed by atoms with E-state index in [9.17, 15) is 9.18 Å². The van der Waals surface area contributed by atoms with Crippen LogP contribution in [0.5, 0.6) is 5.75 Å². The molecule has 1 amide bonds. The van der Waals surface area contributed by atoms with Crippen molar-refractivity contribution in [3.8, 4) is 17.0 Å². The molecule has 1 aliphatic heterocycles. The minimum absolute atomic E-state index is 0.0291. The molecule has 2 heterocycles. The largest absolute Gasteiger partial charge is 0.497 e. The fourth-order valence-corrected chi connectivity index (χ4v) is 3.49. The van der Waals surface area contributed by atoms with E-state index >= 15 is 0 Å². The molecule has 1 aliphatic rings. The number of ether oxygens (including phenoxy) is 1. The van der Waals surface area contributed by atoms with Crippen LogP contribution in [0.25, 0.3) is 11.3 Å². The molecule has 0 saturated carbocycles. The number of fused-ring (bicyclic) bond motifs is 1. The Morgan fingerprint density at radius 1 is 1.27 bits per heavy atom. The molecule has 0 bridgehead atoms. The fourth-order valence-electron chi connectivity index (χ4n) is 3.31. The number of carbonyl (C=O) groups is 1. The highest BCUT2D eigenvalue weighted by Crippen LogP contribution is 2.43. The van der Waals surface area contributed by atoms with Crippen LogP contribution in [0, 0.1) is 5.82 Å². The van der Waals surface area contributed by atoms with Gasteiger partial charge in [-0.05, 0) is 23.8 Å². The van der Waals surface area contributed by atoms with Crippen molar-refractivity contribution < 1.29 is 13.9 Å². The minimum atomic E-state index is -0.516. The molecule has 26 heavy (non-hydrogen) atoms. The molecule has 0 spiro atoms. The monoisotopic (exact) mass is 371 g/mol. The van der Waals surface area contributed by atoms with Gasteiger partial charge in [0.15, 0.2) is 5.82 Å². The van der Waals surface area contributed by atoms with Crippen LogP contribution in [-0.4, -0.2) is 23.2 Å². The maximum atomic E-state index is 14.7. The summed E-state index contributed by atoms with van der Waals surface area (Å²) in [6, 6.07) is 12.3. The van der Waals surface area contributed by atoms with Crippen LogP contribution in [0.2, 0.25) is 5.02 Å². The van der Waals surface area contributed by atoms with Crippen molar-refractivity contribution in [2.75, 3.05) is 12.4 Å². The maximum absolute atomic E-state index is 14.7. The third kappa shape index (κ3) is 2.72. The summed E-state index contributed by atoms with van der Waals surface area (Å²) in [6.07, 6.45) is 0.112. The van der Waals surface area contributed by atoms with E-state index < -0.39 is 11.7 Å². The van der Waals surface area contributed by atoms with Crippen LogP contribution in [0.3, 0.4) is 0 Å². The maximum Gasteiger partial charge on any atom is 0.226 e. The first-order chi connectivity index (χ1) is 12.6. The average molecular weight is 372 g/mol. The van der Waals surface area contributed by atoms with Crippen molar-refractivity contribution in [1.29, 1.82) is 0 Å². The summed E-state index contributed by atoms with van der Waals surface area (Å²) in [5, 5.41) is 9.95. The van der Waals surface area contributed by atoms with E-state index in [1.807, 2.05) is 24.3 Å². The second-order valence-corrected chi connectivity index (χ2v) is 6.45. The van der Waals surface area contributed by atoms with E-state index in [-0.39, 0.29) is 17.4 Å². The van der Waals surface area contributed by atoms with Gasteiger partial charge in [-0.3, -0.25) is 9.89 Å². The third-order valence-corrected chi connectivity index (χ3v) is 4.81. The zero-order valence-corrected chi connectivity index (χ0v) is 14.6. The Hall–Kier alpha value is -2.86. The SMILES string of the molecule is COc1cccc(-c2[nH]nc3c2C(c2cccc(Cl)c2F)CC(=O)N3)c1. The third-order valence-electron chi connectivity index (χ3n) is 4.52. The average Bonchev–Trinajstić information content (AvgIpc) is 3.07. The molecule has 1 unspecified atom stereocenters. The van der Waals surface area contributed by atoms with E-state index in [0.717, 1.165) is 11.1 Å². The van der Waals surface area contributed by atoms with Gasteiger partial charge < -0.3 is 10.1 Å². The first-order valence-corrected chi connectivity index (χ1v) is 8.42. The normalized spacial score (nSPS) is 16.1. The van der Waals surface area contributed by atoms with Gasteiger partial charge in [-0.1, -0.05) is 35.9 Å². The quantitative estimate of drug-likeness (QED) is 0.719. The van der Waals surface area contributed by atoms with Gasteiger partial charge in [-0.15, -0.1) is 0 Å². The molecule has 132 valence electrons. The van der Waals surface area contributed by atoms with Crippen LogP contribution in [0.15, 0.2) is 42.5 Å². The molecule has 1 atom stereocenters. The molecular weight excluding hydrogens is 357 g/mol. The number of halogens is 2. The van der Waals surface area contributed by atoms with Gasteiger partial charge in [0.25, 0.3) is 0 Å². The lowest BCUT2D eigenvalue weighted by atomic mass is 9.84. The Morgan fingerprint density at radius 2 is 2.08 bits per heavy atom. The van der Waals surface area contributed by atoms with Gasteiger partial charge in [0.05, 0.1) is 17.8 Å². The summed E-state index contributed by atoms with van der Waals surface area (Å²) in [7, 11) is 1.59. The molecule has 0 fully saturated rings. The number of benzene rings is 2. The predicted molar refractivity (Wildman–Crippen MR) is 97.1 cm³/mol. The number of H-pyrrole nitrogens is 1. The van der Waals surface area contributed by atoms with E-state index in [1.165, 1.54) is 6.07 Å². The zero-order chi connectivity index (χ0) is 18.3. The van der Waals surface area contributed by atoms with E-state index in [2.05, 4.69) is 15.5 Å². The van der Waals surface area contributed by atoms with Crippen molar-refractivity contribution >= 4 is 23.3 Å². The van der Waals surface area contributed by atoms with Crippen molar-refractivity contribution in [2.24, 2.45) is 0 Å². The molecule has 2 aromatic carbocycles. The van der Waals surface area contributed by atoms with Crippen molar-refractivity contribution in [3.63, 3.8) is 0 Å². The molecule has 7 heteroatoms. The number of hydrogen-bond donors (Lipinski definition) is 2. The van der Waals surface area contributed by atoms with Gasteiger partial charge in [-0.25, -0.2) is 4.39 Å². The summed E-state index contributed by atoms with van der Waals surface area (Å²) in [4.78, 5) is 12.1. The summed E-state index contributed by atoms with van der Waals surface area (Å²) in [5.74, 6) is -0.125. The summed E-state index contributed by atoms with van der Waals surface area (Å²) < 4.78 is 19.9. The Kier molecular flexibility index (Phi) is 4.12. The van der Waals surface area contributed by atoms with Gasteiger partial charge >= 0.3 is 0 Å². The van der Waals surface area contributed by atoms with E-state index in [4.69, 9.17) is 16.3 Å². The second kappa shape index (κ2) is 6.46. The van der Waals surface area contributed by atoms with Crippen molar-refractivity contribution in [2.45, 2.75) is 12.3 Å². The Labute approximate surface area is 154 Å². The zero-order valence-electron chi connectivity index (χ0n) is 13.8. The molecule has 3 aromatic rings. The first-order valence-electron chi connectivity index (χ1n) is 8.05. The minimum Gasteiger partial charge on any atom is -0.497 e. The number of carbonyl (C=O) groups excluding carboxylic acids is 1. The highest BCUT2D eigenvalue weighted by atomic mass is 35.5. The molecular formula is C19H15ClFN3O2. The molecule has 0 radical (unpaired) electrons. The molecule has 1 aromatic heterocycles. The summed E-state index contributed by atoms with van der Waals surface area (Å²) in [5.41, 5.74) is 2.66. The Balaban J connectivity index is 1.90. The lowest BCUT2D eigenvalue weighted by molar-refractivity contribution is -0.116. The number of aromatic amines is 1. The smallest absolute Gasteiger partial charge is 0.226 e. The second-order valence-electron chi connectivity index (χ2n) is 6.04. The number of amides is 1. The van der Waals surface area contributed by atoms with Gasteiger partial charge in [0, 0.05) is 23.5 Å². The van der Waals surface area contributed by atoms with Crippen molar-refractivity contribution in [1.82, 2.24) is 10.2 Å². The van der Waals surface area contributed by atoms with Crippen LogP contribution < -0.4 is 10.1 Å². The van der Waals surface area contributed by atoms with Gasteiger partial charge in [0.1, 0.15) is 11.6 Å². The number of nitrogens with zero attached hydrogens (tertiary/aromatic N) is 1. The number of hydrogen-bond acceptors (Lipinski definition) is 3. The first kappa shape index (κ1) is 16.6. The molecule has 4 rings (SSSR count). The summed E-state index contributed by atoms with van der Waals surface area (Å²) >= 11 is 5.95.